The standard InChI is InChI=1S/C12H22O4.C3H4O2/c1-10(12(15)16)11(14)8-6-4-2-3-5-7-9-13;1-2-3(4)5/h11,13-14H,1-9H2,(H,15,16);2H,1H2,(H,4,5). The molecule has 1 unspecified atom stereocenters. The molecule has 6 nitrogen and oxygen atoms in total. The first-order chi connectivity index (χ1) is 9.86. The number of carbonyl (C=O) groups is 2. The van der Waals surface area contributed by atoms with Crippen molar-refractivity contribution in [3.05, 3.63) is 24.8 Å². The first kappa shape index (κ1) is 21.6. The lowest BCUT2D eigenvalue weighted by molar-refractivity contribution is -0.134. The van der Waals surface area contributed by atoms with Gasteiger partial charge in [-0.3, -0.25) is 0 Å². The van der Waals surface area contributed by atoms with Crippen molar-refractivity contribution >= 4 is 11.9 Å². The molecule has 0 aliphatic heterocycles. The average Bonchev–Trinajstić information content (AvgIpc) is 2.45. The maximum atomic E-state index is 10.5. The molecule has 21 heavy (non-hydrogen) atoms. The number of hydrogen-bond donors (Lipinski definition) is 4. The van der Waals surface area contributed by atoms with Gasteiger partial charge in [0.05, 0.1) is 11.7 Å². The van der Waals surface area contributed by atoms with Crippen LogP contribution in [0.15, 0.2) is 24.8 Å². The van der Waals surface area contributed by atoms with Crippen LogP contribution in [0, 0.1) is 0 Å². The predicted molar refractivity (Wildman–Crippen MR) is 80.0 cm³/mol. The van der Waals surface area contributed by atoms with Crippen molar-refractivity contribution in [3.63, 3.8) is 0 Å². The van der Waals surface area contributed by atoms with Crippen LogP contribution in [-0.4, -0.2) is 45.1 Å². The Morgan fingerprint density at radius 2 is 1.43 bits per heavy atom. The fourth-order valence-electron chi connectivity index (χ4n) is 1.47. The summed E-state index contributed by atoms with van der Waals surface area (Å²) in [6.45, 7) is 6.52. The molecule has 0 heterocycles. The second-order valence-electron chi connectivity index (χ2n) is 4.52. The summed E-state index contributed by atoms with van der Waals surface area (Å²) in [6.07, 6.45) is 6.19. The Kier molecular flexibility index (Phi) is 15.2. The highest BCUT2D eigenvalue weighted by Gasteiger charge is 2.14. The fraction of sp³-hybridized carbons (Fsp3) is 0.600. The third-order valence-corrected chi connectivity index (χ3v) is 2.74. The normalized spacial score (nSPS) is 11.0. The Morgan fingerprint density at radius 3 is 1.81 bits per heavy atom. The molecule has 0 fully saturated rings. The van der Waals surface area contributed by atoms with E-state index in [1.54, 1.807) is 0 Å². The van der Waals surface area contributed by atoms with Gasteiger partial charge >= 0.3 is 11.9 Å². The average molecular weight is 302 g/mol. The summed E-state index contributed by atoms with van der Waals surface area (Å²) in [5, 5.41) is 34.1. The number of aliphatic hydroxyl groups is 2. The molecule has 6 heteroatoms. The van der Waals surface area contributed by atoms with E-state index in [9.17, 15) is 14.7 Å². The zero-order valence-corrected chi connectivity index (χ0v) is 12.3. The van der Waals surface area contributed by atoms with Crippen LogP contribution in [0.1, 0.15) is 44.9 Å². The summed E-state index contributed by atoms with van der Waals surface area (Å²) in [4.78, 5) is 19.7. The number of carboxylic acid groups (broad SMARTS) is 2. The van der Waals surface area contributed by atoms with E-state index in [1.807, 2.05) is 0 Å². The molecule has 0 rings (SSSR count). The maximum Gasteiger partial charge on any atom is 0.333 e. The summed E-state index contributed by atoms with van der Waals surface area (Å²) in [6, 6.07) is 0. The van der Waals surface area contributed by atoms with E-state index < -0.39 is 18.0 Å². The summed E-state index contributed by atoms with van der Waals surface area (Å²) in [7, 11) is 0. The molecule has 0 saturated carbocycles. The number of aliphatic carboxylic acids is 2. The molecule has 0 bridgehead atoms. The van der Waals surface area contributed by atoms with Crippen LogP contribution in [0.3, 0.4) is 0 Å². The van der Waals surface area contributed by atoms with Gasteiger partial charge in [0.1, 0.15) is 0 Å². The van der Waals surface area contributed by atoms with Gasteiger partial charge in [-0.15, -0.1) is 0 Å². The van der Waals surface area contributed by atoms with Gasteiger partial charge in [-0.05, 0) is 12.8 Å². The van der Waals surface area contributed by atoms with Crippen LogP contribution in [0.25, 0.3) is 0 Å². The summed E-state index contributed by atoms with van der Waals surface area (Å²) in [5.74, 6) is -2.11. The Morgan fingerprint density at radius 1 is 1.00 bits per heavy atom. The summed E-state index contributed by atoms with van der Waals surface area (Å²) >= 11 is 0. The molecular formula is C15H26O6. The van der Waals surface area contributed by atoms with Crippen LogP contribution < -0.4 is 0 Å². The van der Waals surface area contributed by atoms with Gasteiger partial charge in [0, 0.05) is 12.7 Å². The minimum Gasteiger partial charge on any atom is -0.478 e. The van der Waals surface area contributed by atoms with Gasteiger partial charge < -0.3 is 20.4 Å². The lowest BCUT2D eigenvalue weighted by atomic mass is 10.0. The molecule has 0 aliphatic rings. The van der Waals surface area contributed by atoms with Gasteiger partial charge in [-0.1, -0.05) is 45.3 Å². The lowest BCUT2D eigenvalue weighted by Gasteiger charge is -2.09. The van der Waals surface area contributed by atoms with Crippen molar-refractivity contribution in [2.45, 2.75) is 51.0 Å². The van der Waals surface area contributed by atoms with Crippen LogP contribution in [0.5, 0.6) is 0 Å². The molecule has 0 aromatic rings. The number of aliphatic hydroxyl groups excluding tert-OH is 2. The SMILES string of the molecule is C=C(C(=O)O)C(O)CCCCCCCCO.C=CC(=O)O. The van der Waals surface area contributed by atoms with Crippen LogP contribution in [0.4, 0.5) is 0 Å². The van der Waals surface area contributed by atoms with E-state index in [1.165, 1.54) is 0 Å². The molecule has 0 radical (unpaired) electrons. The topological polar surface area (TPSA) is 115 Å². The van der Waals surface area contributed by atoms with Crippen LogP contribution >= 0.6 is 0 Å². The van der Waals surface area contributed by atoms with E-state index in [0.717, 1.165) is 44.6 Å². The molecule has 0 saturated heterocycles. The van der Waals surface area contributed by atoms with Gasteiger partial charge in [0.25, 0.3) is 0 Å². The van der Waals surface area contributed by atoms with Crippen molar-refractivity contribution in [1.29, 1.82) is 0 Å². The minimum absolute atomic E-state index is 0.125. The predicted octanol–water partition coefficient (Wildman–Crippen LogP) is 1.97. The van der Waals surface area contributed by atoms with Gasteiger partial charge in [0.2, 0.25) is 0 Å². The zero-order chi connectivity index (χ0) is 16.7. The van der Waals surface area contributed by atoms with E-state index in [4.69, 9.17) is 15.3 Å². The molecule has 1 atom stereocenters. The first-order valence-electron chi connectivity index (χ1n) is 6.93. The Labute approximate surface area is 125 Å². The molecule has 0 spiro atoms. The van der Waals surface area contributed by atoms with Crippen molar-refractivity contribution in [2.24, 2.45) is 0 Å². The van der Waals surface area contributed by atoms with Crippen molar-refractivity contribution in [2.75, 3.05) is 6.61 Å². The fourth-order valence-corrected chi connectivity index (χ4v) is 1.47. The molecule has 0 aromatic carbocycles. The first-order valence-corrected chi connectivity index (χ1v) is 6.93. The van der Waals surface area contributed by atoms with Crippen molar-refractivity contribution < 1.29 is 30.0 Å². The number of carboxylic acids is 2. The van der Waals surface area contributed by atoms with Gasteiger partial charge in [0.15, 0.2) is 0 Å². The lowest BCUT2D eigenvalue weighted by Crippen LogP contribution is -2.16. The van der Waals surface area contributed by atoms with Gasteiger partial charge in [-0.25, -0.2) is 9.59 Å². The molecule has 0 aromatic heterocycles. The minimum atomic E-state index is -1.13. The molecule has 4 N–H and O–H groups in total. The van der Waals surface area contributed by atoms with Gasteiger partial charge in [-0.2, -0.15) is 0 Å². The largest absolute Gasteiger partial charge is 0.478 e. The summed E-state index contributed by atoms with van der Waals surface area (Å²) < 4.78 is 0. The van der Waals surface area contributed by atoms with E-state index in [-0.39, 0.29) is 12.2 Å². The number of hydrogen-bond acceptors (Lipinski definition) is 4. The van der Waals surface area contributed by atoms with Crippen LogP contribution in [0.2, 0.25) is 0 Å². The quantitative estimate of drug-likeness (QED) is 0.342. The Bertz CT molecular complexity index is 324. The molecule has 0 aliphatic carbocycles. The molecular weight excluding hydrogens is 276 g/mol. The molecule has 122 valence electrons. The highest BCUT2D eigenvalue weighted by Crippen LogP contribution is 2.12. The summed E-state index contributed by atoms with van der Waals surface area (Å²) in [5.41, 5.74) is -0.125. The monoisotopic (exact) mass is 302 g/mol. The maximum absolute atomic E-state index is 10.5. The van der Waals surface area contributed by atoms with Crippen LogP contribution in [-0.2, 0) is 9.59 Å². The van der Waals surface area contributed by atoms with E-state index in [2.05, 4.69) is 13.2 Å². The smallest absolute Gasteiger partial charge is 0.333 e. The zero-order valence-electron chi connectivity index (χ0n) is 12.3. The number of rotatable bonds is 11. The second-order valence-corrected chi connectivity index (χ2v) is 4.52. The second kappa shape index (κ2) is 14.7. The molecule has 0 amide bonds. The van der Waals surface area contributed by atoms with E-state index >= 15 is 0 Å². The van der Waals surface area contributed by atoms with E-state index in [0.29, 0.717) is 6.42 Å². The highest BCUT2D eigenvalue weighted by atomic mass is 16.4. The third kappa shape index (κ3) is 16.3. The van der Waals surface area contributed by atoms with Crippen molar-refractivity contribution in [3.8, 4) is 0 Å². The Hall–Kier alpha value is -1.66. The highest BCUT2D eigenvalue weighted by molar-refractivity contribution is 5.86. The van der Waals surface area contributed by atoms with Crippen molar-refractivity contribution in [1.82, 2.24) is 0 Å². The Balaban J connectivity index is 0. The number of unbranched alkanes of at least 4 members (excludes halogenated alkanes) is 5. The third-order valence-electron chi connectivity index (χ3n) is 2.74.